The smallest absolute Gasteiger partial charge is 0.0537 e. The quantitative estimate of drug-likeness (QED) is 0.794. The Morgan fingerprint density at radius 3 is 2.69 bits per heavy atom. The second kappa shape index (κ2) is 6.01. The molecule has 4 nitrogen and oxygen atoms in total. The predicted molar refractivity (Wildman–Crippen MR) is 67.1 cm³/mol. The van der Waals surface area contributed by atoms with Crippen molar-refractivity contribution in [3.63, 3.8) is 0 Å². The zero-order chi connectivity index (χ0) is 12.1. The summed E-state index contributed by atoms with van der Waals surface area (Å²) >= 11 is 0. The van der Waals surface area contributed by atoms with E-state index >= 15 is 0 Å². The molecule has 0 bridgehead atoms. The SMILES string of the molecule is CCC(C)CN(C)CC(N)c1cnn(C)c1. The molecule has 0 spiro atoms. The van der Waals surface area contributed by atoms with Gasteiger partial charge in [-0.1, -0.05) is 20.3 Å². The van der Waals surface area contributed by atoms with Crippen LogP contribution < -0.4 is 5.73 Å². The summed E-state index contributed by atoms with van der Waals surface area (Å²) in [5.41, 5.74) is 7.24. The van der Waals surface area contributed by atoms with Crippen LogP contribution in [0.4, 0.5) is 0 Å². The fraction of sp³-hybridized carbons (Fsp3) is 0.750. The molecule has 4 heteroatoms. The average Bonchev–Trinajstić information content (AvgIpc) is 2.64. The Kier molecular flexibility index (Phi) is 4.96. The van der Waals surface area contributed by atoms with E-state index in [0.29, 0.717) is 0 Å². The van der Waals surface area contributed by atoms with Gasteiger partial charge in [-0.25, -0.2) is 0 Å². The van der Waals surface area contributed by atoms with Crippen molar-refractivity contribution in [2.24, 2.45) is 18.7 Å². The first-order valence-corrected chi connectivity index (χ1v) is 5.95. The number of aromatic nitrogens is 2. The Labute approximate surface area is 98.4 Å². The molecular formula is C12H24N4. The molecule has 0 aromatic carbocycles. The third-order valence-corrected chi connectivity index (χ3v) is 2.98. The largest absolute Gasteiger partial charge is 0.323 e. The summed E-state index contributed by atoms with van der Waals surface area (Å²) in [6.07, 6.45) is 5.05. The molecule has 0 amide bonds. The summed E-state index contributed by atoms with van der Waals surface area (Å²) < 4.78 is 1.80. The summed E-state index contributed by atoms with van der Waals surface area (Å²) in [6, 6.07) is 0.0581. The number of hydrogen-bond donors (Lipinski definition) is 1. The molecule has 0 radical (unpaired) electrons. The van der Waals surface area contributed by atoms with Crippen molar-refractivity contribution in [1.82, 2.24) is 14.7 Å². The summed E-state index contributed by atoms with van der Waals surface area (Å²) in [5.74, 6) is 0.728. The van der Waals surface area contributed by atoms with Gasteiger partial charge in [0.05, 0.1) is 6.20 Å². The van der Waals surface area contributed by atoms with Gasteiger partial charge in [-0.2, -0.15) is 5.10 Å². The standard InChI is InChI=1S/C12H24N4/c1-5-10(2)7-15(3)9-12(13)11-6-14-16(4)8-11/h6,8,10,12H,5,7,9,13H2,1-4H3. The highest BCUT2D eigenvalue weighted by Gasteiger charge is 2.12. The van der Waals surface area contributed by atoms with Crippen LogP contribution in [0.25, 0.3) is 0 Å². The van der Waals surface area contributed by atoms with E-state index in [-0.39, 0.29) is 6.04 Å². The molecule has 0 aliphatic heterocycles. The summed E-state index contributed by atoms with van der Waals surface area (Å²) in [5, 5.41) is 4.14. The van der Waals surface area contributed by atoms with Gasteiger partial charge >= 0.3 is 0 Å². The maximum Gasteiger partial charge on any atom is 0.0537 e. The van der Waals surface area contributed by atoms with Gasteiger partial charge in [0.15, 0.2) is 0 Å². The number of rotatable bonds is 6. The summed E-state index contributed by atoms with van der Waals surface area (Å²) in [6.45, 7) is 6.48. The number of aryl methyl sites for hydroxylation is 1. The number of likely N-dealkylation sites (N-methyl/N-ethyl adjacent to an activating group) is 1. The van der Waals surface area contributed by atoms with Crippen molar-refractivity contribution in [2.75, 3.05) is 20.1 Å². The van der Waals surface area contributed by atoms with Crippen LogP contribution in [0.5, 0.6) is 0 Å². The highest BCUT2D eigenvalue weighted by molar-refractivity contribution is 5.09. The normalized spacial score (nSPS) is 15.4. The maximum absolute atomic E-state index is 6.13. The molecule has 2 atom stereocenters. The molecule has 0 saturated carbocycles. The lowest BCUT2D eigenvalue weighted by Gasteiger charge is -2.23. The van der Waals surface area contributed by atoms with Gasteiger partial charge < -0.3 is 10.6 Å². The number of nitrogens with zero attached hydrogens (tertiary/aromatic N) is 3. The number of hydrogen-bond acceptors (Lipinski definition) is 3. The lowest BCUT2D eigenvalue weighted by atomic mass is 10.1. The minimum Gasteiger partial charge on any atom is -0.323 e. The first-order valence-electron chi connectivity index (χ1n) is 5.95. The topological polar surface area (TPSA) is 47.1 Å². The lowest BCUT2D eigenvalue weighted by Crippen LogP contribution is -2.32. The zero-order valence-electron chi connectivity index (χ0n) is 10.8. The van der Waals surface area contributed by atoms with Gasteiger partial charge in [0, 0.05) is 37.9 Å². The van der Waals surface area contributed by atoms with Crippen LogP contribution in [0, 0.1) is 5.92 Å². The Hall–Kier alpha value is -0.870. The maximum atomic E-state index is 6.13. The van der Waals surface area contributed by atoms with Crippen LogP contribution in [0.2, 0.25) is 0 Å². The fourth-order valence-corrected chi connectivity index (χ4v) is 1.81. The Balaban J connectivity index is 2.42. The van der Waals surface area contributed by atoms with Crippen molar-refractivity contribution in [3.05, 3.63) is 18.0 Å². The van der Waals surface area contributed by atoms with Crippen LogP contribution in [0.1, 0.15) is 31.9 Å². The van der Waals surface area contributed by atoms with E-state index in [9.17, 15) is 0 Å². The van der Waals surface area contributed by atoms with E-state index < -0.39 is 0 Å². The molecule has 0 saturated heterocycles. The van der Waals surface area contributed by atoms with E-state index in [1.54, 1.807) is 4.68 Å². The van der Waals surface area contributed by atoms with E-state index in [1.807, 2.05) is 19.4 Å². The molecule has 2 N–H and O–H groups in total. The second-order valence-corrected chi connectivity index (χ2v) is 4.79. The minimum atomic E-state index is 0.0581. The van der Waals surface area contributed by atoms with Crippen molar-refractivity contribution < 1.29 is 0 Å². The summed E-state index contributed by atoms with van der Waals surface area (Å²) in [4.78, 5) is 2.30. The molecule has 2 unspecified atom stereocenters. The molecule has 16 heavy (non-hydrogen) atoms. The number of nitrogens with two attached hydrogens (primary N) is 1. The van der Waals surface area contributed by atoms with E-state index in [4.69, 9.17) is 5.73 Å². The van der Waals surface area contributed by atoms with Crippen molar-refractivity contribution >= 4 is 0 Å². The van der Waals surface area contributed by atoms with E-state index in [1.165, 1.54) is 6.42 Å². The first kappa shape index (κ1) is 13.2. The average molecular weight is 224 g/mol. The van der Waals surface area contributed by atoms with Crippen molar-refractivity contribution in [3.8, 4) is 0 Å². The van der Waals surface area contributed by atoms with Crippen molar-refractivity contribution in [2.45, 2.75) is 26.3 Å². The lowest BCUT2D eigenvalue weighted by molar-refractivity contribution is 0.267. The molecule has 1 heterocycles. The van der Waals surface area contributed by atoms with Crippen LogP contribution in [0.15, 0.2) is 12.4 Å². The molecule has 92 valence electrons. The highest BCUT2D eigenvalue weighted by Crippen LogP contribution is 2.11. The van der Waals surface area contributed by atoms with Gasteiger partial charge in [-0.15, -0.1) is 0 Å². The molecule has 1 aromatic heterocycles. The van der Waals surface area contributed by atoms with Gasteiger partial charge in [-0.05, 0) is 13.0 Å². The third kappa shape index (κ3) is 3.94. The minimum absolute atomic E-state index is 0.0581. The molecule has 1 rings (SSSR count). The summed E-state index contributed by atoms with van der Waals surface area (Å²) in [7, 11) is 4.04. The van der Waals surface area contributed by atoms with Crippen LogP contribution >= 0.6 is 0 Å². The Morgan fingerprint density at radius 1 is 1.50 bits per heavy atom. The van der Waals surface area contributed by atoms with Crippen LogP contribution in [-0.4, -0.2) is 34.8 Å². The van der Waals surface area contributed by atoms with E-state index in [0.717, 1.165) is 24.6 Å². The second-order valence-electron chi connectivity index (χ2n) is 4.79. The van der Waals surface area contributed by atoms with Crippen molar-refractivity contribution in [1.29, 1.82) is 0 Å². The van der Waals surface area contributed by atoms with Gasteiger partial charge in [0.2, 0.25) is 0 Å². The molecule has 0 aliphatic carbocycles. The molecule has 1 aromatic rings. The predicted octanol–water partition coefficient (Wildman–Crippen LogP) is 1.40. The van der Waals surface area contributed by atoms with Gasteiger partial charge in [0.1, 0.15) is 0 Å². The fourth-order valence-electron chi connectivity index (χ4n) is 1.81. The third-order valence-electron chi connectivity index (χ3n) is 2.98. The van der Waals surface area contributed by atoms with Gasteiger partial charge in [-0.3, -0.25) is 4.68 Å². The zero-order valence-corrected chi connectivity index (χ0v) is 10.8. The Morgan fingerprint density at radius 2 is 2.19 bits per heavy atom. The molecule has 0 fully saturated rings. The van der Waals surface area contributed by atoms with Gasteiger partial charge in [0.25, 0.3) is 0 Å². The van der Waals surface area contributed by atoms with Crippen LogP contribution in [0.3, 0.4) is 0 Å². The van der Waals surface area contributed by atoms with Crippen LogP contribution in [-0.2, 0) is 7.05 Å². The van der Waals surface area contributed by atoms with E-state index in [2.05, 4.69) is 30.9 Å². The first-order chi connectivity index (χ1) is 7.52. The Bertz CT molecular complexity index is 308. The monoisotopic (exact) mass is 224 g/mol. The molecule has 0 aliphatic rings. The molecular weight excluding hydrogens is 200 g/mol. The highest BCUT2D eigenvalue weighted by atomic mass is 15.2.